The number of hydrogen-bond acceptors (Lipinski definition) is 2. The van der Waals surface area contributed by atoms with Gasteiger partial charge in [0.15, 0.2) is 0 Å². The van der Waals surface area contributed by atoms with Crippen molar-refractivity contribution in [3.8, 4) is 0 Å². The van der Waals surface area contributed by atoms with E-state index in [2.05, 4.69) is 17.2 Å². The average Bonchev–Trinajstić information content (AvgIpc) is 1.59. The number of carbonyl (C=O) groups is 2. The van der Waals surface area contributed by atoms with E-state index in [4.69, 9.17) is 0 Å². The summed E-state index contributed by atoms with van der Waals surface area (Å²) >= 11 is 0. The zero-order chi connectivity index (χ0) is 6.85. The summed E-state index contributed by atoms with van der Waals surface area (Å²) in [5, 5.41) is 6.42. The van der Waals surface area contributed by atoms with Crippen molar-refractivity contribution in [2.24, 2.45) is 0 Å². The number of rotatable bonds is 0. The van der Waals surface area contributed by atoms with E-state index < -0.39 is 12.1 Å². The molecule has 4 amide bonds. The van der Waals surface area contributed by atoms with E-state index >= 15 is 0 Å². The highest BCUT2D eigenvalue weighted by atomic mass is 16.2. The molecule has 0 saturated carbocycles. The molecule has 0 aromatic carbocycles. The first-order valence-corrected chi connectivity index (χ1v) is 2.26. The van der Waals surface area contributed by atoms with Crippen LogP contribution in [-0.4, -0.2) is 12.1 Å². The summed E-state index contributed by atoms with van der Waals surface area (Å²) in [4.78, 5) is 20.7. The van der Waals surface area contributed by atoms with Crippen LogP contribution in [0.2, 0.25) is 0 Å². The fourth-order valence-electron chi connectivity index (χ4n) is 0.471. The number of urea groups is 2. The normalized spacial score (nSPS) is 18.0. The van der Waals surface area contributed by atoms with Crippen molar-refractivity contribution in [3.05, 3.63) is 12.4 Å². The van der Waals surface area contributed by atoms with Crippen LogP contribution in [0.4, 0.5) is 9.59 Å². The van der Waals surface area contributed by atoms with E-state index in [1.807, 2.05) is 5.32 Å². The molecule has 3 N–H and O–H groups in total. The first-order chi connectivity index (χ1) is 4.18. The molecule has 1 aliphatic heterocycles. The largest absolute Gasteiger partial charge is 0.328 e. The zero-order valence-electron chi connectivity index (χ0n) is 4.52. The van der Waals surface area contributed by atoms with Gasteiger partial charge in [-0.3, -0.25) is 16.0 Å². The van der Waals surface area contributed by atoms with Gasteiger partial charge in [-0.25, -0.2) is 9.59 Å². The minimum absolute atomic E-state index is 0.198. The Bertz CT molecular complexity index is 141. The molecular weight excluding hydrogens is 122 g/mol. The molecule has 0 bridgehead atoms. The van der Waals surface area contributed by atoms with E-state index in [0.717, 1.165) is 0 Å². The first-order valence-electron chi connectivity index (χ1n) is 2.26. The predicted molar refractivity (Wildman–Crippen MR) is 29.3 cm³/mol. The lowest BCUT2D eigenvalue weighted by atomic mass is 10.6. The molecule has 0 aromatic heterocycles. The second-order valence-corrected chi connectivity index (χ2v) is 1.51. The molecule has 0 unspecified atom stereocenters. The van der Waals surface area contributed by atoms with E-state index in [0.29, 0.717) is 0 Å². The van der Waals surface area contributed by atoms with E-state index in [9.17, 15) is 9.59 Å². The van der Waals surface area contributed by atoms with Crippen LogP contribution in [0.5, 0.6) is 0 Å². The minimum Gasteiger partial charge on any atom is -0.294 e. The van der Waals surface area contributed by atoms with Crippen molar-refractivity contribution in [2.75, 3.05) is 0 Å². The standard InChI is InChI=1S/C4H5N3O2/c1-2-5-3(8)7-4(9)6-2/h1H2,(H3,5,6,7,8,9). The van der Waals surface area contributed by atoms with Crippen LogP contribution in [0.3, 0.4) is 0 Å². The molecule has 5 heteroatoms. The maximum Gasteiger partial charge on any atom is 0.328 e. The average molecular weight is 127 g/mol. The van der Waals surface area contributed by atoms with Crippen LogP contribution >= 0.6 is 0 Å². The Morgan fingerprint density at radius 3 is 1.78 bits per heavy atom. The molecule has 0 radical (unpaired) electrons. The number of nitrogens with one attached hydrogen (secondary N) is 3. The summed E-state index contributed by atoms with van der Waals surface area (Å²) in [7, 11) is 0. The summed E-state index contributed by atoms with van der Waals surface area (Å²) in [6, 6.07) is -1.10. The molecule has 1 fully saturated rings. The Kier molecular flexibility index (Phi) is 1.11. The molecular formula is C4H5N3O2. The van der Waals surface area contributed by atoms with Gasteiger partial charge in [0.05, 0.1) is 0 Å². The van der Waals surface area contributed by atoms with Gasteiger partial charge in [0, 0.05) is 0 Å². The molecule has 0 aromatic rings. The smallest absolute Gasteiger partial charge is 0.294 e. The highest BCUT2D eigenvalue weighted by molar-refractivity contribution is 5.97. The number of hydrogen-bond donors (Lipinski definition) is 3. The second-order valence-electron chi connectivity index (χ2n) is 1.51. The van der Waals surface area contributed by atoms with E-state index in [1.54, 1.807) is 0 Å². The Labute approximate surface area is 51.1 Å². The maximum absolute atomic E-state index is 10.3. The van der Waals surface area contributed by atoms with Gasteiger partial charge in [0.2, 0.25) is 0 Å². The van der Waals surface area contributed by atoms with Gasteiger partial charge in [0.25, 0.3) is 0 Å². The molecule has 48 valence electrons. The Morgan fingerprint density at radius 1 is 1.00 bits per heavy atom. The van der Waals surface area contributed by atoms with Crippen LogP contribution in [0.25, 0.3) is 0 Å². The molecule has 9 heavy (non-hydrogen) atoms. The highest BCUT2D eigenvalue weighted by Crippen LogP contribution is 1.83. The van der Waals surface area contributed by atoms with Crippen LogP contribution in [0.15, 0.2) is 12.4 Å². The van der Waals surface area contributed by atoms with Crippen molar-refractivity contribution in [2.45, 2.75) is 0 Å². The third kappa shape index (κ3) is 1.18. The van der Waals surface area contributed by atoms with Crippen LogP contribution in [0, 0.1) is 0 Å². The Morgan fingerprint density at radius 2 is 1.44 bits per heavy atom. The van der Waals surface area contributed by atoms with Gasteiger partial charge in [-0.15, -0.1) is 0 Å². The van der Waals surface area contributed by atoms with E-state index in [-0.39, 0.29) is 5.82 Å². The van der Waals surface area contributed by atoms with Gasteiger partial charge in [0.1, 0.15) is 5.82 Å². The molecule has 0 spiro atoms. The van der Waals surface area contributed by atoms with Gasteiger partial charge in [-0.2, -0.15) is 0 Å². The number of amides is 4. The molecule has 0 atom stereocenters. The van der Waals surface area contributed by atoms with Gasteiger partial charge < -0.3 is 0 Å². The summed E-state index contributed by atoms with van der Waals surface area (Å²) < 4.78 is 0. The molecule has 0 aliphatic carbocycles. The molecule has 5 nitrogen and oxygen atoms in total. The predicted octanol–water partition coefficient (Wildman–Crippen LogP) is -0.520. The van der Waals surface area contributed by atoms with Gasteiger partial charge >= 0.3 is 12.1 Å². The molecule has 1 rings (SSSR count). The lowest BCUT2D eigenvalue weighted by molar-refractivity contribution is 0.224. The minimum atomic E-state index is -0.552. The number of carbonyl (C=O) groups excluding carboxylic acids is 2. The highest BCUT2D eigenvalue weighted by Gasteiger charge is 2.14. The zero-order valence-corrected chi connectivity index (χ0v) is 4.52. The van der Waals surface area contributed by atoms with Gasteiger partial charge in [-0.1, -0.05) is 6.58 Å². The second kappa shape index (κ2) is 1.77. The maximum atomic E-state index is 10.3. The number of imide groups is 1. The van der Waals surface area contributed by atoms with Crippen molar-refractivity contribution in [3.63, 3.8) is 0 Å². The molecule has 1 aliphatic rings. The van der Waals surface area contributed by atoms with Crippen LogP contribution in [0.1, 0.15) is 0 Å². The third-order valence-electron chi connectivity index (χ3n) is 0.756. The first kappa shape index (κ1) is 5.61. The monoisotopic (exact) mass is 127 g/mol. The summed E-state index contributed by atoms with van der Waals surface area (Å²) in [5.74, 6) is 0.198. The summed E-state index contributed by atoms with van der Waals surface area (Å²) in [6.45, 7) is 3.31. The SMILES string of the molecule is C=C1NC(=O)NC(=O)N1. The fourth-order valence-corrected chi connectivity index (χ4v) is 0.471. The molecule has 1 saturated heterocycles. The van der Waals surface area contributed by atoms with Crippen molar-refractivity contribution in [1.29, 1.82) is 0 Å². The van der Waals surface area contributed by atoms with Crippen LogP contribution in [-0.2, 0) is 0 Å². The summed E-state index contributed by atoms with van der Waals surface area (Å²) in [5.41, 5.74) is 0. The fraction of sp³-hybridized carbons (Fsp3) is 0. The van der Waals surface area contributed by atoms with Crippen molar-refractivity contribution < 1.29 is 9.59 Å². The lowest BCUT2D eigenvalue weighted by Crippen LogP contribution is -2.53. The summed E-state index contributed by atoms with van der Waals surface area (Å²) in [6.07, 6.45) is 0. The van der Waals surface area contributed by atoms with E-state index in [1.165, 1.54) is 0 Å². The van der Waals surface area contributed by atoms with Gasteiger partial charge in [-0.05, 0) is 0 Å². The Balaban J connectivity index is 2.64. The van der Waals surface area contributed by atoms with Crippen LogP contribution < -0.4 is 16.0 Å². The Hall–Kier alpha value is -1.52. The topological polar surface area (TPSA) is 70.2 Å². The lowest BCUT2D eigenvalue weighted by Gasteiger charge is -2.15. The molecule has 1 heterocycles. The third-order valence-corrected chi connectivity index (χ3v) is 0.756. The van der Waals surface area contributed by atoms with Crippen molar-refractivity contribution in [1.82, 2.24) is 16.0 Å². The van der Waals surface area contributed by atoms with Crippen molar-refractivity contribution >= 4 is 12.1 Å². The quantitative estimate of drug-likeness (QED) is 0.409.